The predicted molar refractivity (Wildman–Crippen MR) is 238 cm³/mol. The van der Waals surface area contributed by atoms with Crippen LogP contribution >= 0.6 is 11.3 Å². The molecule has 0 aliphatic carbocycles. The van der Waals surface area contributed by atoms with E-state index in [1.165, 1.54) is 36.3 Å². The minimum atomic E-state index is 0.631. The van der Waals surface area contributed by atoms with Crippen molar-refractivity contribution in [1.29, 1.82) is 0 Å². The second kappa shape index (κ2) is 13.7. The molecule has 57 heavy (non-hydrogen) atoms. The Bertz CT molecular complexity index is 3290. The number of pyridine rings is 1. The molecule has 8 aromatic carbocycles. The first-order valence-electron chi connectivity index (χ1n) is 19.1. The Morgan fingerprint density at radius 1 is 0.316 bits per heavy atom. The molecule has 0 atom stereocenters. The maximum Gasteiger partial charge on any atom is 0.164 e. The van der Waals surface area contributed by atoms with Crippen molar-refractivity contribution >= 4 is 53.2 Å². The lowest BCUT2D eigenvalue weighted by atomic mass is 9.97. The number of benzene rings is 8. The molecule has 5 heteroatoms. The third kappa shape index (κ3) is 5.84. The summed E-state index contributed by atoms with van der Waals surface area (Å²) in [4.78, 5) is 20.5. The van der Waals surface area contributed by atoms with Gasteiger partial charge in [-0.15, -0.1) is 11.3 Å². The molecule has 0 bridgehead atoms. The molecule has 3 aromatic heterocycles. The Labute approximate surface area is 333 Å². The largest absolute Gasteiger partial charge is 0.247 e. The average Bonchev–Trinajstić information content (AvgIpc) is 3.68. The van der Waals surface area contributed by atoms with E-state index in [4.69, 9.17) is 19.9 Å². The maximum atomic E-state index is 5.18. The standard InChI is InChI=1S/C52H32N4S/c1-4-15-33(16-5-1)39-23-10-11-24-41(39)52-55-50(35-19-8-3-9-20-35)54-51(56-52)38-22-14-21-36(31-38)37-27-30-46-44(32-37)40-28-29-43-47(49(40)57-46)42-25-12-13-26-45(42)53-48(43)34-17-6-2-7-18-34/h1-32H. The molecular weight excluding hydrogens is 713 g/mol. The molecule has 0 amide bonds. The molecule has 0 fully saturated rings. The summed E-state index contributed by atoms with van der Waals surface area (Å²) in [6.07, 6.45) is 0. The quantitative estimate of drug-likeness (QED) is 0.159. The summed E-state index contributed by atoms with van der Waals surface area (Å²) in [5, 5.41) is 6.10. The maximum absolute atomic E-state index is 5.18. The minimum absolute atomic E-state index is 0.631. The van der Waals surface area contributed by atoms with Crippen LogP contribution in [0.2, 0.25) is 0 Å². The highest BCUT2D eigenvalue weighted by molar-refractivity contribution is 7.26. The van der Waals surface area contributed by atoms with Crippen molar-refractivity contribution in [2.24, 2.45) is 0 Å². The number of hydrogen-bond acceptors (Lipinski definition) is 5. The molecule has 11 rings (SSSR count). The number of hydrogen-bond donors (Lipinski definition) is 0. The fraction of sp³-hybridized carbons (Fsp3) is 0. The lowest BCUT2D eigenvalue weighted by Gasteiger charge is -2.12. The van der Waals surface area contributed by atoms with Crippen LogP contribution in [0.1, 0.15) is 0 Å². The third-order valence-corrected chi connectivity index (χ3v) is 11.9. The Hall–Kier alpha value is -7.34. The van der Waals surface area contributed by atoms with Crippen molar-refractivity contribution in [2.45, 2.75) is 0 Å². The summed E-state index contributed by atoms with van der Waals surface area (Å²) in [6.45, 7) is 0. The van der Waals surface area contributed by atoms with E-state index in [0.29, 0.717) is 17.5 Å². The van der Waals surface area contributed by atoms with E-state index in [9.17, 15) is 0 Å². The molecule has 0 aliphatic heterocycles. The molecule has 3 heterocycles. The fourth-order valence-corrected chi connectivity index (χ4v) is 9.24. The van der Waals surface area contributed by atoms with Crippen LogP contribution in [0.15, 0.2) is 194 Å². The summed E-state index contributed by atoms with van der Waals surface area (Å²) in [6, 6.07) is 67.9. The van der Waals surface area contributed by atoms with Crippen LogP contribution in [0.4, 0.5) is 0 Å². The van der Waals surface area contributed by atoms with Gasteiger partial charge in [0.1, 0.15) is 0 Å². The number of fused-ring (bicyclic) bond motifs is 7. The van der Waals surface area contributed by atoms with Gasteiger partial charge >= 0.3 is 0 Å². The average molecular weight is 745 g/mol. The normalized spacial score (nSPS) is 11.5. The number of aromatic nitrogens is 4. The zero-order valence-corrected chi connectivity index (χ0v) is 31.5. The van der Waals surface area contributed by atoms with Gasteiger partial charge in [0.25, 0.3) is 0 Å². The van der Waals surface area contributed by atoms with Crippen LogP contribution in [0, 0.1) is 0 Å². The highest BCUT2D eigenvalue weighted by Gasteiger charge is 2.18. The summed E-state index contributed by atoms with van der Waals surface area (Å²) >= 11 is 1.86. The zero-order valence-electron chi connectivity index (χ0n) is 30.7. The fourth-order valence-electron chi connectivity index (χ4n) is 7.99. The van der Waals surface area contributed by atoms with Gasteiger partial charge in [0.15, 0.2) is 17.5 Å². The molecule has 0 spiro atoms. The summed E-state index contributed by atoms with van der Waals surface area (Å²) in [5.41, 5.74) is 10.4. The SMILES string of the molecule is c1ccc(-c2nc(-c3cccc(-c4ccc5sc6c(ccc7c(-c8ccccc8)nc8ccccc8c76)c5c4)c3)nc(-c3ccccc3-c3ccccc3)n2)cc1. The number of rotatable bonds is 6. The van der Waals surface area contributed by atoms with Gasteiger partial charge in [0, 0.05) is 58.6 Å². The van der Waals surface area contributed by atoms with Crippen molar-refractivity contribution < 1.29 is 0 Å². The van der Waals surface area contributed by atoms with E-state index in [1.807, 2.05) is 53.8 Å². The van der Waals surface area contributed by atoms with Gasteiger partial charge in [-0.05, 0) is 46.5 Å². The smallest absolute Gasteiger partial charge is 0.164 e. The first kappa shape index (κ1) is 33.0. The molecule has 11 aromatic rings. The van der Waals surface area contributed by atoms with E-state index in [2.05, 4.69) is 152 Å². The van der Waals surface area contributed by atoms with Crippen molar-refractivity contribution in [3.63, 3.8) is 0 Å². The first-order valence-corrected chi connectivity index (χ1v) is 19.9. The predicted octanol–water partition coefficient (Wildman–Crippen LogP) is 13.9. The van der Waals surface area contributed by atoms with Gasteiger partial charge < -0.3 is 0 Å². The number of nitrogens with zero attached hydrogens (tertiary/aromatic N) is 4. The van der Waals surface area contributed by atoms with Gasteiger partial charge in [-0.25, -0.2) is 19.9 Å². The van der Waals surface area contributed by atoms with Crippen molar-refractivity contribution in [2.75, 3.05) is 0 Å². The van der Waals surface area contributed by atoms with Gasteiger partial charge in [-0.2, -0.15) is 0 Å². The van der Waals surface area contributed by atoms with Crippen LogP contribution in [-0.4, -0.2) is 19.9 Å². The highest BCUT2D eigenvalue weighted by Crippen LogP contribution is 2.44. The molecule has 4 nitrogen and oxygen atoms in total. The van der Waals surface area contributed by atoms with Crippen LogP contribution in [0.25, 0.3) is 110 Å². The number of para-hydroxylation sites is 1. The first-order chi connectivity index (χ1) is 28.2. The van der Waals surface area contributed by atoms with Crippen LogP contribution in [-0.2, 0) is 0 Å². The Morgan fingerprint density at radius 2 is 0.895 bits per heavy atom. The van der Waals surface area contributed by atoms with E-state index in [0.717, 1.165) is 55.7 Å². The lowest BCUT2D eigenvalue weighted by molar-refractivity contribution is 1.07. The van der Waals surface area contributed by atoms with E-state index in [-0.39, 0.29) is 0 Å². The van der Waals surface area contributed by atoms with E-state index in [1.54, 1.807) is 0 Å². The molecular formula is C52H32N4S. The van der Waals surface area contributed by atoms with Gasteiger partial charge in [-0.3, -0.25) is 0 Å². The Balaban J connectivity index is 1.06. The molecule has 0 saturated carbocycles. The second-order valence-corrected chi connectivity index (χ2v) is 15.2. The molecule has 266 valence electrons. The molecule has 0 unspecified atom stereocenters. The molecule has 0 aliphatic rings. The van der Waals surface area contributed by atoms with Crippen molar-refractivity contribution in [3.05, 3.63) is 194 Å². The van der Waals surface area contributed by atoms with Crippen LogP contribution in [0.3, 0.4) is 0 Å². The lowest BCUT2D eigenvalue weighted by Crippen LogP contribution is -2.01. The molecule has 0 N–H and O–H groups in total. The second-order valence-electron chi connectivity index (χ2n) is 14.2. The van der Waals surface area contributed by atoms with Gasteiger partial charge in [0.2, 0.25) is 0 Å². The zero-order chi connectivity index (χ0) is 37.7. The van der Waals surface area contributed by atoms with Crippen molar-refractivity contribution in [3.8, 4) is 67.7 Å². The molecule has 0 saturated heterocycles. The Morgan fingerprint density at radius 3 is 1.68 bits per heavy atom. The topological polar surface area (TPSA) is 51.6 Å². The van der Waals surface area contributed by atoms with Gasteiger partial charge in [0.05, 0.1) is 11.2 Å². The monoisotopic (exact) mass is 744 g/mol. The number of thiophene rings is 1. The third-order valence-electron chi connectivity index (χ3n) is 10.7. The summed E-state index contributed by atoms with van der Waals surface area (Å²) < 4.78 is 2.54. The van der Waals surface area contributed by atoms with Crippen molar-refractivity contribution in [1.82, 2.24) is 19.9 Å². The molecule has 0 radical (unpaired) electrons. The minimum Gasteiger partial charge on any atom is -0.247 e. The van der Waals surface area contributed by atoms with E-state index < -0.39 is 0 Å². The summed E-state index contributed by atoms with van der Waals surface area (Å²) in [5.74, 6) is 1.91. The van der Waals surface area contributed by atoms with Crippen LogP contribution in [0.5, 0.6) is 0 Å². The Kier molecular flexibility index (Phi) is 7.97. The summed E-state index contributed by atoms with van der Waals surface area (Å²) in [7, 11) is 0. The van der Waals surface area contributed by atoms with Gasteiger partial charge in [-0.1, -0.05) is 170 Å². The van der Waals surface area contributed by atoms with Crippen LogP contribution < -0.4 is 0 Å². The highest BCUT2D eigenvalue weighted by atomic mass is 32.1. The van der Waals surface area contributed by atoms with E-state index >= 15 is 0 Å².